The van der Waals surface area contributed by atoms with Crippen molar-refractivity contribution in [2.75, 3.05) is 13.2 Å². The zero-order valence-electron chi connectivity index (χ0n) is 17.0. The monoisotopic (exact) mass is 401 g/mol. The van der Waals surface area contributed by atoms with Gasteiger partial charge < -0.3 is 24.8 Å². The number of rotatable bonds is 9. The lowest BCUT2D eigenvalue weighted by Crippen LogP contribution is -2.53. The second kappa shape index (κ2) is 9.80. The first-order valence-corrected chi connectivity index (χ1v) is 10.0. The van der Waals surface area contributed by atoms with E-state index in [1.165, 1.54) is 0 Å². The van der Waals surface area contributed by atoms with Gasteiger partial charge in [-0.25, -0.2) is 0 Å². The largest absolute Gasteiger partial charge is 0.395 e. The van der Waals surface area contributed by atoms with E-state index >= 15 is 0 Å². The molecule has 0 saturated carbocycles. The number of ether oxygens (including phenoxy) is 2. The van der Waals surface area contributed by atoms with Gasteiger partial charge in [-0.05, 0) is 25.0 Å². The van der Waals surface area contributed by atoms with Gasteiger partial charge in [0.2, 0.25) is 0 Å². The van der Waals surface area contributed by atoms with Crippen LogP contribution in [0.2, 0.25) is 0 Å². The molecule has 1 fully saturated rings. The molecule has 2 aromatic rings. The second-order valence-electron chi connectivity index (χ2n) is 7.94. The van der Waals surface area contributed by atoms with Crippen LogP contribution in [0.3, 0.4) is 0 Å². The van der Waals surface area contributed by atoms with Crippen LogP contribution >= 0.6 is 0 Å². The summed E-state index contributed by atoms with van der Waals surface area (Å²) in [6.07, 6.45) is -2.42. The molecule has 0 unspecified atom stereocenters. The molecule has 0 aromatic heterocycles. The van der Waals surface area contributed by atoms with Crippen molar-refractivity contribution in [3.05, 3.63) is 71.8 Å². The second-order valence-corrected chi connectivity index (χ2v) is 7.94. The third-order valence-corrected chi connectivity index (χ3v) is 5.25. The predicted octanol–water partition coefficient (Wildman–Crippen LogP) is 1.92. The van der Waals surface area contributed by atoms with E-state index in [1.54, 1.807) is 13.8 Å². The van der Waals surface area contributed by atoms with Crippen molar-refractivity contribution in [2.45, 2.75) is 57.1 Å². The Balaban J connectivity index is 1.84. The quantitative estimate of drug-likeness (QED) is 0.596. The zero-order valence-corrected chi connectivity index (χ0v) is 17.0. The van der Waals surface area contributed by atoms with Crippen molar-refractivity contribution >= 4 is 0 Å². The molecular formula is C23H31NO5. The molecule has 0 bridgehead atoms. The van der Waals surface area contributed by atoms with E-state index in [9.17, 15) is 15.3 Å². The van der Waals surface area contributed by atoms with E-state index < -0.39 is 30.1 Å². The fraction of sp³-hybridized carbons (Fsp3) is 0.478. The van der Waals surface area contributed by atoms with Gasteiger partial charge in [-0.3, -0.25) is 4.90 Å². The van der Waals surface area contributed by atoms with Crippen LogP contribution < -0.4 is 0 Å². The lowest BCUT2D eigenvalue weighted by atomic mass is 9.99. The minimum atomic E-state index is -1.04. The van der Waals surface area contributed by atoms with E-state index in [1.807, 2.05) is 65.6 Å². The highest BCUT2D eigenvalue weighted by molar-refractivity contribution is 5.17. The summed E-state index contributed by atoms with van der Waals surface area (Å²) in [5.41, 5.74) is 2.16. The van der Waals surface area contributed by atoms with Gasteiger partial charge in [0.15, 0.2) is 5.79 Å². The van der Waals surface area contributed by atoms with Crippen LogP contribution in [-0.2, 0) is 22.6 Å². The molecule has 3 N–H and O–H groups in total. The Morgan fingerprint density at radius 3 is 1.86 bits per heavy atom. The van der Waals surface area contributed by atoms with Crippen LogP contribution in [0.5, 0.6) is 0 Å². The number of hydrogen-bond donors (Lipinski definition) is 3. The Bertz CT molecular complexity index is 698. The molecule has 3 rings (SSSR count). The molecular weight excluding hydrogens is 370 g/mol. The van der Waals surface area contributed by atoms with E-state index in [4.69, 9.17) is 9.47 Å². The molecule has 0 radical (unpaired) electrons. The van der Waals surface area contributed by atoms with Gasteiger partial charge in [-0.2, -0.15) is 0 Å². The van der Waals surface area contributed by atoms with Gasteiger partial charge in [0.1, 0.15) is 18.3 Å². The summed E-state index contributed by atoms with van der Waals surface area (Å²) < 4.78 is 11.6. The number of benzene rings is 2. The highest BCUT2D eigenvalue weighted by Crippen LogP contribution is 2.32. The van der Waals surface area contributed by atoms with Crippen molar-refractivity contribution in [1.29, 1.82) is 0 Å². The maximum absolute atomic E-state index is 11.2. The van der Waals surface area contributed by atoms with Crippen molar-refractivity contribution in [3.63, 3.8) is 0 Å². The van der Waals surface area contributed by atoms with E-state index in [-0.39, 0.29) is 13.2 Å². The normalized spacial score (nSPS) is 23.2. The van der Waals surface area contributed by atoms with Gasteiger partial charge in [-0.15, -0.1) is 0 Å². The Hall–Kier alpha value is -1.80. The molecule has 1 aliphatic rings. The fourth-order valence-electron chi connectivity index (χ4n) is 3.88. The Kier molecular flexibility index (Phi) is 7.40. The Morgan fingerprint density at radius 2 is 1.41 bits per heavy atom. The zero-order chi connectivity index (χ0) is 20.9. The summed E-state index contributed by atoms with van der Waals surface area (Å²) >= 11 is 0. The highest BCUT2D eigenvalue weighted by Gasteiger charge is 2.47. The van der Waals surface area contributed by atoms with E-state index in [2.05, 4.69) is 0 Å². The molecule has 4 atom stereocenters. The average Bonchev–Trinajstić information content (AvgIpc) is 3.04. The summed E-state index contributed by atoms with van der Waals surface area (Å²) in [7, 11) is 0. The molecule has 158 valence electrons. The molecule has 6 heteroatoms. The van der Waals surface area contributed by atoms with E-state index in [0.717, 1.165) is 11.1 Å². The highest BCUT2D eigenvalue weighted by atomic mass is 16.8. The van der Waals surface area contributed by atoms with Crippen LogP contribution in [0.25, 0.3) is 0 Å². The molecule has 1 heterocycles. The summed E-state index contributed by atoms with van der Waals surface area (Å²) in [4.78, 5) is 2.04. The van der Waals surface area contributed by atoms with Crippen LogP contribution in [0.15, 0.2) is 60.7 Å². The van der Waals surface area contributed by atoms with Crippen molar-refractivity contribution in [2.24, 2.45) is 0 Å². The topological polar surface area (TPSA) is 82.4 Å². The molecule has 0 spiro atoms. The molecule has 1 aliphatic heterocycles. The first kappa shape index (κ1) is 21.9. The number of nitrogens with zero attached hydrogens (tertiary/aromatic N) is 1. The molecule has 0 aliphatic carbocycles. The van der Waals surface area contributed by atoms with Gasteiger partial charge in [0, 0.05) is 13.1 Å². The molecule has 29 heavy (non-hydrogen) atoms. The van der Waals surface area contributed by atoms with Crippen LogP contribution in [-0.4, -0.2) is 63.6 Å². The smallest absolute Gasteiger partial charge is 0.164 e. The maximum Gasteiger partial charge on any atom is 0.164 e. The number of aliphatic hydroxyl groups excluding tert-OH is 3. The molecule has 2 aromatic carbocycles. The summed E-state index contributed by atoms with van der Waals surface area (Å²) in [5.74, 6) is -0.900. The van der Waals surface area contributed by atoms with Gasteiger partial charge in [-0.1, -0.05) is 60.7 Å². The number of hydrogen-bond acceptors (Lipinski definition) is 6. The Morgan fingerprint density at radius 1 is 0.897 bits per heavy atom. The first-order chi connectivity index (χ1) is 13.9. The van der Waals surface area contributed by atoms with Crippen LogP contribution in [0, 0.1) is 0 Å². The van der Waals surface area contributed by atoms with Crippen LogP contribution in [0.4, 0.5) is 0 Å². The third-order valence-electron chi connectivity index (χ3n) is 5.25. The van der Waals surface area contributed by atoms with Crippen LogP contribution in [0.1, 0.15) is 25.0 Å². The lowest BCUT2D eigenvalue weighted by molar-refractivity contribution is -0.162. The van der Waals surface area contributed by atoms with Crippen molar-refractivity contribution in [3.8, 4) is 0 Å². The minimum absolute atomic E-state index is 0.251. The maximum atomic E-state index is 11.2. The summed E-state index contributed by atoms with van der Waals surface area (Å²) in [5, 5.41) is 31.1. The molecule has 1 saturated heterocycles. The summed E-state index contributed by atoms with van der Waals surface area (Å²) in [6.45, 7) is 4.10. The molecule has 6 nitrogen and oxygen atoms in total. The standard InChI is InChI=1S/C23H31NO5/c1-23(2)28-20(16-26)22(29-23)21(27)19(15-25)24(13-17-9-5-3-6-10-17)14-18-11-7-4-8-12-18/h3-12,19-22,25-27H,13-16H2,1-2H3/t19-,20+,21-,22+/m1/s1. The third kappa shape index (κ3) is 5.63. The van der Waals surface area contributed by atoms with Gasteiger partial charge >= 0.3 is 0 Å². The first-order valence-electron chi connectivity index (χ1n) is 10.0. The minimum Gasteiger partial charge on any atom is -0.395 e. The molecule has 0 amide bonds. The fourth-order valence-corrected chi connectivity index (χ4v) is 3.88. The predicted molar refractivity (Wildman–Crippen MR) is 110 cm³/mol. The number of aliphatic hydroxyl groups is 3. The average molecular weight is 402 g/mol. The van der Waals surface area contributed by atoms with E-state index in [0.29, 0.717) is 13.1 Å². The van der Waals surface area contributed by atoms with Gasteiger partial charge in [0.25, 0.3) is 0 Å². The van der Waals surface area contributed by atoms with Crippen molar-refractivity contribution < 1.29 is 24.8 Å². The Labute approximate surface area is 172 Å². The van der Waals surface area contributed by atoms with Crippen molar-refractivity contribution in [1.82, 2.24) is 4.90 Å². The summed E-state index contributed by atoms with van der Waals surface area (Å²) in [6, 6.07) is 19.3. The lowest BCUT2D eigenvalue weighted by Gasteiger charge is -2.36. The SMILES string of the molecule is CC1(C)O[C@H]([C@H](O)[C@@H](CO)N(Cc2ccccc2)Cc2ccccc2)[C@H](CO)O1. The van der Waals surface area contributed by atoms with Gasteiger partial charge in [0.05, 0.1) is 19.3 Å².